The zero-order valence-corrected chi connectivity index (χ0v) is 13.4. The summed E-state index contributed by atoms with van der Waals surface area (Å²) in [7, 11) is 2.66. The van der Waals surface area contributed by atoms with E-state index in [1.807, 2.05) is 0 Å². The van der Waals surface area contributed by atoms with Crippen LogP contribution in [0.25, 0.3) is 5.70 Å². The van der Waals surface area contributed by atoms with Crippen LogP contribution in [0, 0.1) is 0 Å². The number of rotatable bonds is 4. The number of hydrogen-bond acceptors (Lipinski definition) is 5. The number of carbonyl (C=O) groups is 1. The molecule has 0 aliphatic carbocycles. The fraction of sp³-hybridized carbons (Fsp3) is 0.188. The minimum Gasteiger partial charge on any atom is -0.494 e. The number of aromatic hydroxyl groups is 1. The highest BCUT2D eigenvalue weighted by Gasteiger charge is 2.18. The Kier molecular flexibility index (Phi) is 4.59. The molecule has 0 saturated carbocycles. The Morgan fingerprint density at radius 2 is 1.88 bits per heavy atom. The number of anilines is 1. The third-order valence-electron chi connectivity index (χ3n) is 3.58. The minimum atomic E-state index is -1.08. The molecule has 0 bridgehead atoms. The van der Waals surface area contributed by atoms with Crippen LogP contribution in [-0.4, -0.2) is 25.3 Å². The van der Waals surface area contributed by atoms with E-state index in [-0.39, 0.29) is 16.8 Å². The van der Waals surface area contributed by atoms with Gasteiger partial charge in [0.2, 0.25) is 5.88 Å². The summed E-state index contributed by atoms with van der Waals surface area (Å²) in [6.07, 6.45) is 1.55. The van der Waals surface area contributed by atoms with Crippen LogP contribution in [-0.2, 0) is 14.1 Å². The zero-order chi connectivity index (χ0) is 18.0. The van der Waals surface area contributed by atoms with Gasteiger partial charge in [-0.2, -0.15) is 0 Å². The summed E-state index contributed by atoms with van der Waals surface area (Å²) >= 11 is 0. The summed E-state index contributed by atoms with van der Waals surface area (Å²) in [4.78, 5) is 35.2. The lowest BCUT2D eigenvalue weighted by atomic mass is 10.1. The molecule has 0 unspecified atom stereocenters. The average molecular weight is 331 g/mol. The molecule has 0 aliphatic heterocycles. The Morgan fingerprint density at radius 1 is 1.21 bits per heavy atom. The second kappa shape index (κ2) is 6.45. The highest BCUT2D eigenvalue weighted by molar-refractivity contribution is 5.89. The van der Waals surface area contributed by atoms with Crippen molar-refractivity contribution >= 4 is 17.4 Å². The molecule has 2 aromatic rings. The van der Waals surface area contributed by atoms with Gasteiger partial charge >= 0.3 is 11.7 Å². The van der Waals surface area contributed by atoms with Gasteiger partial charge in [-0.3, -0.25) is 13.9 Å². The molecule has 0 radical (unpaired) electrons. The van der Waals surface area contributed by atoms with Gasteiger partial charge in [-0.15, -0.1) is 0 Å². The molecule has 1 aromatic carbocycles. The predicted molar refractivity (Wildman–Crippen MR) is 89.3 cm³/mol. The van der Waals surface area contributed by atoms with E-state index in [1.165, 1.54) is 26.2 Å². The molecule has 1 heterocycles. The van der Waals surface area contributed by atoms with Crippen molar-refractivity contribution in [2.45, 2.75) is 6.92 Å². The van der Waals surface area contributed by atoms with Crippen molar-refractivity contribution in [3.63, 3.8) is 0 Å². The number of allylic oxidation sites excluding steroid dienone is 1. The minimum absolute atomic E-state index is 0.0769. The van der Waals surface area contributed by atoms with Crippen molar-refractivity contribution in [2.75, 3.05) is 5.32 Å². The van der Waals surface area contributed by atoms with Crippen molar-refractivity contribution in [1.29, 1.82) is 0 Å². The van der Waals surface area contributed by atoms with Gasteiger partial charge in [-0.05, 0) is 25.1 Å². The molecule has 0 atom stereocenters. The van der Waals surface area contributed by atoms with Gasteiger partial charge in [0, 0.05) is 19.8 Å². The number of nitrogens with one attached hydrogen (secondary N) is 1. The molecule has 0 aliphatic rings. The lowest BCUT2D eigenvalue weighted by Crippen LogP contribution is -2.39. The molecule has 126 valence electrons. The summed E-state index contributed by atoms with van der Waals surface area (Å²) in [5, 5.41) is 22.1. The maximum absolute atomic E-state index is 12.3. The monoisotopic (exact) mass is 331 g/mol. The highest BCUT2D eigenvalue weighted by atomic mass is 16.4. The first-order chi connectivity index (χ1) is 11.3. The van der Waals surface area contributed by atoms with Crippen molar-refractivity contribution in [2.24, 2.45) is 14.1 Å². The van der Waals surface area contributed by atoms with Crippen molar-refractivity contribution in [3.8, 4) is 5.88 Å². The maximum atomic E-state index is 12.3. The molecule has 8 nitrogen and oxygen atoms in total. The first-order valence-corrected chi connectivity index (χ1v) is 7.04. The molecule has 3 N–H and O–H groups in total. The van der Waals surface area contributed by atoms with Crippen molar-refractivity contribution < 1.29 is 15.0 Å². The molecule has 0 amide bonds. The van der Waals surface area contributed by atoms with Gasteiger partial charge in [0.1, 0.15) is 5.56 Å². The first kappa shape index (κ1) is 17.1. The Balaban J connectivity index is 2.56. The Bertz CT molecular complexity index is 953. The van der Waals surface area contributed by atoms with E-state index in [0.29, 0.717) is 5.69 Å². The number of aromatic carboxylic acids is 1. The van der Waals surface area contributed by atoms with Crippen LogP contribution in [0.4, 0.5) is 5.69 Å². The molecule has 1 aromatic heterocycles. The molecular weight excluding hydrogens is 314 g/mol. The van der Waals surface area contributed by atoms with Crippen molar-refractivity contribution in [3.05, 3.63) is 62.3 Å². The Morgan fingerprint density at radius 3 is 2.46 bits per heavy atom. The Hall–Kier alpha value is -3.29. The van der Waals surface area contributed by atoms with Crippen LogP contribution in [0.2, 0.25) is 0 Å². The summed E-state index contributed by atoms with van der Waals surface area (Å²) in [5.74, 6) is -1.56. The van der Waals surface area contributed by atoms with E-state index in [0.717, 1.165) is 9.13 Å². The third-order valence-corrected chi connectivity index (χ3v) is 3.58. The van der Waals surface area contributed by atoms with Gasteiger partial charge < -0.3 is 15.5 Å². The number of carboxylic acid groups (broad SMARTS) is 1. The van der Waals surface area contributed by atoms with Crippen LogP contribution >= 0.6 is 0 Å². The quantitative estimate of drug-likeness (QED) is 0.769. The molecule has 8 heteroatoms. The van der Waals surface area contributed by atoms with Gasteiger partial charge in [-0.1, -0.05) is 12.1 Å². The fourth-order valence-electron chi connectivity index (χ4n) is 2.23. The number of nitrogens with zero attached hydrogens (tertiary/aromatic N) is 2. The normalized spacial score (nSPS) is 11.4. The summed E-state index contributed by atoms with van der Waals surface area (Å²) < 4.78 is 1.84. The second-order valence-corrected chi connectivity index (χ2v) is 5.12. The molecule has 24 heavy (non-hydrogen) atoms. The maximum Gasteiger partial charge on any atom is 0.335 e. The smallest absolute Gasteiger partial charge is 0.335 e. The van der Waals surface area contributed by atoms with Crippen molar-refractivity contribution in [1.82, 2.24) is 9.13 Å². The van der Waals surface area contributed by atoms with Gasteiger partial charge in [0.25, 0.3) is 5.56 Å². The summed E-state index contributed by atoms with van der Waals surface area (Å²) in [5.41, 5.74) is -0.629. The highest BCUT2D eigenvalue weighted by Crippen LogP contribution is 2.22. The standard InChI is InChI=1S/C16H17N3O5/c1-4-11(17-10-7-5-6-9(8-10)15(22)23)12-13(20)18(2)16(24)19(3)14(12)21/h4-8,17,20H,1-3H3,(H,22,23)/b11-4-. The van der Waals surface area contributed by atoms with Crippen LogP contribution in [0.3, 0.4) is 0 Å². The molecule has 0 spiro atoms. The summed E-state index contributed by atoms with van der Waals surface area (Å²) in [6.45, 7) is 1.65. The van der Waals surface area contributed by atoms with Gasteiger partial charge in [0.15, 0.2) is 0 Å². The predicted octanol–water partition coefficient (Wildman–Crippen LogP) is 0.961. The fourth-order valence-corrected chi connectivity index (χ4v) is 2.23. The lowest BCUT2D eigenvalue weighted by molar-refractivity contribution is 0.0697. The zero-order valence-electron chi connectivity index (χ0n) is 13.4. The van der Waals surface area contributed by atoms with E-state index in [4.69, 9.17) is 5.11 Å². The first-order valence-electron chi connectivity index (χ1n) is 7.04. The number of carboxylic acids is 1. The molecule has 2 rings (SSSR count). The van der Waals surface area contributed by atoms with Crippen LogP contribution < -0.4 is 16.6 Å². The number of aromatic nitrogens is 2. The molecule has 0 saturated heterocycles. The molecule has 0 fully saturated rings. The van der Waals surface area contributed by atoms with E-state index >= 15 is 0 Å². The third kappa shape index (κ3) is 2.94. The Labute approximate surface area is 136 Å². The van der Waals surface area contributed by atoms with E-state index in [2.05, 4.69) is 5.32 Å². The van der Waals surface area contributed by atoms with E-state index < -0.39 is 23.1 Å². The summed E-state index contributed by atoms with van der Waals surface area (Å²) in [6, 6.07) is 6.01. The topological polar surface area (TPSA) is 114 Å². The second-order valence-electron chi connectivity index (χ2n) is 5.12. The van der Waals surface area contributed by atoms with Crippen LogP contribution in [0.1, 0.15) is 22.8 Å². The lowest BCUT2D eigenvalue weighted by Gasteiger charge is -2.15. The number of benzene rings is 1. The average Bonchev–Trinajstić information content (AvgIpc) is 2.57. The van der Waals surface area contributed by atoms with E-state index in [1.54, 1.807) is 25.1 Å². The van der Waals surface area contributed by atoms with E-state index in [9.17, 15) is 19.5 Å². The molecular formula is C16H17N3O5. The number of hydrogen-bond donors (Lipinski definition) is 3. The van der Waals surface area contributed by atoms with Crippen LogP contribution in [0.5, 0.6) is 5.88 Å². The SMILES string of the molecule is C/C=C(\Nc1cccc(C(=O)O)c1)c1c(O)n(C)c(=O)n(C)c1=O. The van der Waals surface area contributed by atoms with Crippen LogP contribution in [0.15, 0.2) is 39.9 Å². The van der Waals surface area contributed by atoms with Gasteiger partial charge in [0.05, 0.1) is 11.3 Å². The largest absolute Gasteiger partial charge is 0.494 e. The van der Waals surface area contributed by atoms with Gasteiger partial charge in [-0.25, -0.2) is 9.59 Å².